The molecule has 0 radical (unpaired) electrons. The molecule has 1 nitrogen and oxygen atoms in total. The molecule has 5 heteroatoms. The van der Waals surface area contributed by atoms with Gasteiger partial charge < -0.3 is 0 Å². The third kappa shape index (κ3) is 1.63. The smallest absolute Gasteiger partial charge is 0.260 e. The minimum absolute atomic E-state index is 0.347. The molecule has 1 rings (SSSR count). The zero-order valence-electron chi connectivity index (χ0n) is 5.19. The monoisotopic (exact) mass is 181 g/mol. The van der Waals surface area contributed by atoms with Crippen molar-refractivity contribution in [3.05, 3.63) is 28.8 Å². The molecule has 0 aliphatic heterocycles. The second-order valence-corrected chi connectivity index (χ2v) is 2.22. The number of pyridine rings is 1. The zero-order chi connectivity index (χ0) is 8.43. The van der Waals surface area contributed by atoms with Crippen LogP contribution >= 0.6 is 11.6 Å². The number of alkyl halides is 2. The molecule has 0 N–H and O–H groups in total. The van der Waals surface area contributed by atoms with Gasteiger partial charge in [0.25, 0.3) is 6.43 Å². The molecule has 11 heavy (non-hydrogen) atoms. The van der Waals surface area contributed by atoms with E-state index in [1.807, 2.05) is 0 Å². The number of nitrogens with zero attached hydrogens (tertiary/aromatic N) is 1. The van der Waals surface area contributed by atoms with Crippen LogP contribution in [0.15, 0.2) is 12.4 Å². The summed E-state index contributed by atoms with van der Waals surface area (Å²) < 4.78 is 36.3. The number of hydrogen-bond donors (Lipinski definition) is 0. The van der Waals surface area contributed by atoms with Gasteiger partial charge in [0.05, 0.1) is 16.8 Å². The van der Waals surface area contributed by atoms with Crippen molar-refractivity contribution in [1.29, 1.82) is 0 Å². The average Bonchev–Trinajstić information content (AvgIpc) is 1.85. The second-order valence-electron chi connectivity index (χ2n) is 1.82. The van der Waals surface area contributed by atoms with Crippen molar-refractivity contribution in [2.24, 2.45) is 0 Å². The van der Waals surface area contributed by atoms with Gasteiger partial charge >= 0.3 is 0 Å². The van der Waals surface area contributed by atoms with E-state index in [1.54, 1.807) is 0 Å². The van der Waals surface area contributed by atoms with E-state index in [0.717, 1.165) is 6.20 Å². The molecule has 0 saturated carbocycles. The predicted molar refractivity (Wildman–Crippen MR) is 34.2 cm³/mol. The minimum Gasteiger partial charge on any atom is -0.260 e. The second kappa shape index (κ2) is 3.09. The Morgan fingerprint density at radius 2 is 2.00 bits per heavy atom. The zero-order valence-corrected chi connectivity index (χ0v) is 5.95. The fourth-order valence-electron chi connectivity index (χ4n) is 0.630. The first-order chi connectivity index (χ1) is 5.13. The first kappa shape index (κ1) is 8.33. The van der Waals surface area contributed by atoms with Crippen LogP contribution in [0.3, 0.4) is 0 Å². The van der Waals surface area contributed by atoms with Crippen LogP contribution in [-0.4, -0.2) is 4.98 Å². The standard InChI is InChI=1S/C6H3ClF3N/c7-3-1-11-2-4(8)5(3)6(9)10/h1-2,6H. The van der Waals surface area contributed by atoms with Crippen LogP contribution < -0.4 is 0 Å². The molecule has 0 amide bonds. The first-order valence-electron chi connectivity index (χ1n) is 2.70. The summed E-state index contributed by atoms with van der Waals surface area (Å²) in [7, 11) is 0. The van der Waals surface area contributed by atoms with Gasteiger partial charge in [-0.2, -0.15) is 0 Å². The maximum Gasteiger partial charge on any atom is 0.268 e. The van der Waals surface area contributed by atoms with Gasteiger partial charge in [0.1, 0.15) is 0 Å². The molecule has 60 valence electrons. The van der Waals surface area contributed by atoms with Crippen LogP contribution in [0.2, 0.25) is 5.02 Å². The highest BCUT2D eigenvalue weighted by Gasteiger charge is 2.16. The Kier molecular flexibility index (Phi) is 2.34. The predicted octanol–water partition coefficient (Wildman–Crippen LogP) is 2.81. The highest BCUT2D eigenvalue weighted by atomic mass is 35.5. The third-order valence-electron chi connectivity index (χ3n) is 1.11. The fourth-order valence-corrected chi connectivity index (χ4v) is 0.859. The summed E-state index contributed by atoms with van der Waals surface area (Å²) in [6.07, 6.45) is -1.22. The Morgan fingerprint density at radius 1 is 1.36 bits per heavy atom. The summed E-state index contributed by atoms with van der Waals surface area (Å²) >= 11 is 5.24. The lowest BCUT2D eigenvalue weighted by Crippen LogP contribution is -1.92. The van der Waals surface area contributed by atoms with Crippen molar-refractivity contribution in [2.75, 3.05) is 0 Å². The van der Waals surface area contributed by atoms with E-state index in [1.165, 1.54) is 0 Å². The Morgan fingerprint density at radius 3 is 2.36 bits per heavy atom. The van der Waals surface area contributed by atoms with Gasteiger partial charge in [-0.3, -0.25) is 4.98 Å². The molecule has 1 aromatic rings. The fraction of sp³-hybridized carbons (Fsp3) is 0.167. The van der Waals surface area contributed by atoms with Gasteiger partial charge in [0, 0.05) is 6.20 Å². The number of halogens is 4. The summed E-state index contributed by atoms with van der Waals surface area (Å²) in [5.74, 6) is -1.08. The first-order valence-corrected chi connectivity index (χ1v) is 3.07. The summed E-state index contributed by atoms with van der Waals surface area (Å²) in [6, 6.07) is 0. The third-order valence-corrected chi connectivity index (χ3v) is 1.41. The quantitative estimate of drug-likeness (QED) is 0.649. The van der Waals surface area contributed by atoms with Crippen LogP contribution in [0, 0.1) is 5.82 Å². The SMILES string of the molecule is Fc1cncc(Cl)c1C(F)F. The normalized spacial score (nSPS) is 10.6. The van der Waals surface area contributed by atoms with E-state index >= 15 is 0 Å². The summed E-state index contributed by atoms with van der Waals surface area (Å²) in [5, 5.41) is -0.347. The Bertz CT molecular complexity index is 244. The van der Waals surface area contributed by atoms with Crippen molar-refractivity contribution in [3.63, 3.8) is 0 Å². The Balaban J connectivity index is 3.21. The minimum atomic E-state index is -2.90. The van der Waals surface area contributed by atoms with E-state index < -0.39 is 17.8 Å². The van der Waals surface area contributed by atoms with Crippen molar-refractivity contribution in [1.82, 2.24) is 4.98 Å². The molecule has 0 spiro atoms. The molecular formula is C6H3ClF3N. The molecule has 0 aromatic carbocycles. The van der Waals surface area contributed by atoms with Crippen LogP contribution in [0.5, 0.6) is 0 Å². The molecule has 0 unspecified atom stereocenters. The highest BCUT2D eigenvalue weighted by Crippen LogP contribution is 2.27. The Hall–Kier alpha value is -0.770. The maximum absolute atomic E-state index is 12.5. The largest absolute Gasteiger partial charge is 0.268 e. The van der Waals surface area contributed by atoms with Crippen molar-refractivity contribution in [2.45, 2.75) is 6.43 Å². The molecule has 0 aliphatic carbocycles. The van der Waals surface area contributed by atoms with Crippen LogP contribution in [0.25, 0.3) is 0 Å². The maximum atomic E-state index is 12.5. The van der Waals surface area contributed by atoms with Crippen LogP contribution in [-0.2, 0) is 0 Å². The van der Waals surface area contributed by atoms with Gasteiger partial charge in [-0.05, 0) is 0 Å². The van der Waals surface area contributed by atoms with Crippen molar-refractivity contribution < 1.29 is 13.2 Å². The van der Waals surface area contributed by atoms with Crippen molar-refractivity contribution >= 4 is 11.6 Å². The lowest BCUT2D eigenvalue weighted by Gasteiger charge is -2.01. The lowest BCUT2D eigenvalue weighted by molar-refractivity contribution is 0.146. The van der Waals surface area contributed by atoms with E-state index in [4.69, 9.17) is 11.6 Å². The van der Waals surface area contributed by atoms with Gasteiger partial charge in [-0.1, -0.05) is 11.6 Å². The molecule has 0 bridgehead atoms. The summed E-state index contributed by atoms with van der Waals surface area (Å²) in [5.41, 5.74) is -0.790. The molecule has 0 atom stereocenters. The van der Waals surface area contributed by atoms with Gasteiger partial charge in [-0.25, -0.2) is 13.2 Å². The van der Waals surface area contributed by atoms with Gasteiger partial charge in [-0.15, -0.1) is 0 Å². The van der Waals surface area contributed by atoms with Crippen LogP contribution in [0.4, 0.5) is 13.2 Å². The number of aromatic nitrogens is 1. The van der Waals surface area contributed by atoms with E-state index in [2.05, 4.69) is 4.98 Å². The van der Waals surface area contributed by atoms with E-state index in [0.29, 0.717) is 6.20 Å². The molecular weight excluding hydrogens is 179 g/mol. The van der Waals surface area contributed by atoms with E-state index in [9.17, 15) is 13.2 Å². The molecule has 0 saturated heterocycles. The van der Waals surface area contributed by atoms with Gasteiger partial charge in [0.15, 0.2) is 5.82 Å². The Labute approximate surface area is 65.8 Å². The summed E-state index contributed by atoms with van der Waals surface area (Å²) in [6.45, 7) is 0. The summed E-state index contributed by atoms with van der Waals surface area (Å²) in [4.78, 5) is 3.29. The number of hydrogen-bond acceptors (Lipinski definition) is 1. The van der Waals surface area contributed by atoms with Gasteiger partial charge in [0.2, 0.25) is 0 Å². The molecule has 0 fully saturated rings. The highest BCUT2D eigenvalue weighted by molar-refractivity contribution is 6.31. The van der Waals surface area contributed by atoms with Crippen LogP contribution in [0.1, 0.15) is 12.0 Å². The lowest BCUT2D eigenvalue weighted by atomic mass is 10.3. The molecule has 1 aromatic heterocycles. The molecule has 1 heterocycles. The van der Waals surface area contributed by atoms with E-state index in [-0.39, 0.29) is 5.02 Å². The van der Waals surface area contributed by atoms with Crippen molar-refractivity contribution in [3.8, 4) is 0 Å². The average molecular weight is 182 g/mol. The molecule has 0 aliphatic rings. The topological polar surface area (TPSA) is 12.9 Å². The number of rotatable bonds is 1.